The van der Waals surface area contributed by atoms with E-state index in [2.05, 4.69) is 24.9 Å². The molecule has 0 aliphatic heterocycles. The van der Waals surface area contributed by atoms with Gasteiger partial charge in [-0.3, -0.25) is 0 Å². The first-order chi connectivity index (χ1) is 18.2. The van der Waals surface area contributed by atoms with Crippen molar-refractivity contribution in [2.45, 2.75) is 58.4 Å². The third-order valence-corrected chi connectivity index (χ3v) is 6.31. The fraction of sp³-hybridized carbons (Fsp3) is 0.370. The summed E-state index contributed by atoms with van der Waals surface area (Å²) < 4.78 is 52.8. The highest BCUT2D eigenvalue weighted by Crippen LogP contribution is 2.45. The highest BCUT2D eigenvalue weighted by atomic mass is 19.4. The van der Waals surface area contributed by atoms with E-state index in [1.807, 2.05) is 20.8 Å². The third kappa shape index (κ3) is 5.18. The van der Waals surface area contributed by atoms with Gasteiger partial charge in [-0.2, -0.15) is 18.2 Å². The fourth-order valence-corrected chi connectivity index (χ4v) is 4.15. The van der Waals surface area contributed by atoms with Crippen LogP contribution in [0.1, 0.15) is 61.2 Å². The molecule has 198 valence electrons. The number of rotatable bonds is 8. The number of methoxy groups -OCH3 is 1. The van der Waals surface area contributed by atoms with Crippen molar-refractivity contribution >= 4 is 0 Å². The van der Waals surface area contributed by atoms with Crippen LogP contribution >= 0.6 is 0 Å². The van der Waals surface area contributed by atoms with Crippen LogP contribution in [0.5, 0.6) is 11.8 Å². The summed E-state index contributed by atoms with van der Waals surface area (Å²) in [5, 5.41) is 0. The van der Waals surface area contributed by atoms with Crippen molar-refractivity contribution in [1.29, 1.82) is 0 Å². The summed E-state index contributed by atoms with van der Waals surface area (Å²) in [7, 11) is 1.55. The Morgan fingerprint density at radius 1 is 1.03 bits per heavy atom. The number of aromatic nitrogens is 6. The molecular weight excluding hydrogens is 497 g/mol. The van der Waals surface area contributed by atoms with Crippen molar-refractivity contribution in [3.63, 3.8) is 0 Å². The Balaban J connectivity index is 1.37. The smallest absolute Gasteiger partial charge is 0.434 e. The predicted octanol–water partition coefficient (Wildman–Crippen LogP) is 6.17. The summed E-state index contributed by atoms with van der Waals surface area (Å²) in [6, 6.07) is 6.91. The second-order valence-electron chi connectivity index (χ2n) is 9.53. The molecule has 5 rings (SSSR count). The number of imidazole rings is 1. The Morgan fingerprint density at radius 3 is 2.39 bits per heavy atom. The molecule has 0 unspecified atom stereocenters. The Bertz CT molecular complexity index is 1450. The summed E-state index contributed by atoms with van der Waals surface area (Å²) in [5.41, 5.74) is 2.80. The Morgan fingerprint density at radius 2 is 1.76 bits per heavy atom. The Hall–Kier alpha value is -4.02. The number of nitrogens with zero attached hydrogens (tertiary/aromatic N) is 6. The molecule has 1 saturated carbocycles. The van der Waals surface area contributed by atoms with Crippen molar-refractivity contribution in [3.05, 3.63) is 65.5 Å². The molecule has 0 spiro atoms. The minimum absolute atomic E-state index is 0.180. The number of ether oxygens (including phenoxy) is 2. The minimum atomic E-state index is -4.51. The van der Waals surface area contributed by atoms with E-state index in [-0.39, 0.29) is 18.5 Å². The van der Waals surface area contributed by atoms with Crippen LogP contribution in [0.4, 0.5) is 13.2 Å². The van der Waals surface area contributed by atoms with Crippen LogP contribution in [0.3, 0.4) is 0 Å². The molecule has 1 fully saturated rings. The molecule has 3 aromatic heterocycles. The summed E-state index contributed by atoms with van der Waals surface area (Å²) in [4.78, 5) is 21.7. The first-order valence-corrected chi connectivity index (χ1v) is 12.3. The molecule has 3 heterocycles. The summed E-state index contributed by atoms with van der Waals surface area (Å²) in [6.07, 6.45) is 1.82. The highest BCUT2D eigenvalue weighted by molar-refractivity contribution is 5.66. The SMILES string of the molecule is COc1ncnc(C2CC2)c1-c1ncc(C)c(OCc2ccc(-c3nc(C(F)(F)F)cn3C(C)C)cc2)n1. The molecule has 4 aromatic rings. The van der Waals surface area contributed by atoms with Gasteiger partial charge in [0.05, 0.1) is 12.8 Å². The molecule has 0 amide bonds. The molecule has 0 bridgehead atoms. The van der Waals surface area contributed by atoms with Gasteiger partial charge in [-0.1, -0.05) is 24.3 Å². The molecule has 8 nitrogen and oxygen atoms in total. The summed E-state index contributed by atoms with van der Waals surface area (Å²) in [6.45, 7) is 5.70. The molecule has 1 aliphatic carbocycles. The van der Waals surface area contributed by atoms with Crippen LogP contribution < -0.4 is 9.47 Å². The van der Waals surface area contributed by atoms with E-state index in [4.69, 9.17) is 9.47 Å². The van der Waals surface area contributed by atoms with Gasteiger partial charge in [-0.05, 0) is 39.2 Å². The van der Waals surface area contributed by atoms with E-state index in [9.17, 15) is 13.2 Å². The van der Waals surface area contributed by atoms with Gasteiger partial charge in [0.15, 0.2) is 11.5 Å². The molecule has 1 aliphatic rings. The molecule has 1 aromatic carbocycles. The quantitative estimate of drug-likeness (QED) is 0.272. The first kappa shape index (κ1) is 25.6. The lowest BCUT2D eigenvalue weighted by Gasteiger charge is -2.13. The topological polar surface area (TPSA) is 87.8 Å². The zero-order valence-electron chi connectivity index (χ0n) is 21.5. The van der Waals surface area contributed by atoms with Crippen molar-refractivity contribution in [2.75, 3.05) is 7.11 Å². The molecular formula is C27H27F3N6O2. The second kappa shape index (κ2) is 10.0. The van der Waals surface area contributed by atoms with Gasteiger partial charge in [0.25, 0.3) is 0 Å². The molecule has 0 atom stereocenters. The van der Waals surface area contributed by atoms with Crippen LogP contribution in [-0.2, 0) is 12.8 Å². The standard InChI is InChI=1S/C27H27F3N6O2/c1-15(2)36-12-20(27(28,29)30)34-24(36)19-7-5-17(6-8-19)13-38-25-16(3)11-31-23(35-25)21-22(18-9-10-18)32-14-33-26(21)37-4/h5-8,11-12,14-15,18H,9-10,13H2,1-4H3. The monoisotopic (exact) mass is 524 g/mol. The average Bonchev–Trinajstić information content (AvgIpc) is 3.64. The zero-order valence-corrected chi connectivity index (χ0v) is 21.5. The third-order valence-electron chi connectivity index (χ3n) is 6.31. The Kier molecular flexibility index (Phi) is 6.77. The number of aryl methyl sites for hydroxylation is 1. The second-order valence-corrected chi connectivity index (χ2v) is 9.53. The lowest BCUT2D eigenvalue weighted by Crippen LogP contribution is -2.05. The van der Waals surface area contributed by atoms with E-state index < -0.39 is 11.9 Å². The number of hydrogen-bond donors (Lipinski definition) is 0. The van der Waals surface area contributed by atoms with Crippen LogP contribution in [0.2, 0.25) is 0 Å². The maximum Gasteiger partial charge on any atom is 0.434 e. The average molecular weight is 525 g/mol. The summed E-state index contributed by atoms with van der Waals surface area (Å²) in [5.74, 6) is 1.87. The van der Waals surface area contributed by atoms with E-state index in [1.165, 1.54) is 10.9 Å². The first-order valence-electron chi connectivity index (χ1n) is 12.3. The van der Waals surface area contributed by atoms with Crippen LogP contribution in [0, 0.1) is 6.92 Å². The Labute approximate surface area is 217 Å². The van der Waals surface area contributed by atoms with Gasteiger partial charge >= 0.3 is 6.18 Å². The molecule has 0 radical (unpaired) electrons. The van der Waals surface area contributed by atoms with Gasteiger partial charge in [0.2, 0.25) is 11.8 Å². The van der Waals surface area contributed by atoms with Crippen LogP contribution in [0.15, 0.2) is 43.0 Å². The van der Waals surface area contributed by atoms with Gasteiger partial charge < -0.3 is 14.0 Å². The van der Waals surface area contributed by atoms with Gasteiger partial charge in [0.1, 0.15) is 24.3 Å². The van der Waals surface area contributed by atoms with E-state index in [1.54, 1.807) is 37.6 Å². The van der Waals surface area contributed by atoms with Crippen LogP contribution in [0.25, 0.3) is 22.8 Å². The fourth-order valence-electron chi connectivity index (χ4n) is 4.15. The van der Waals surface area contributed by atoms with Gasteiger partial charge in [0, 0.05) is 35.5 Å². The van der Waals surface area contributed by atoms with Gasteiger partial charge in [-0.15, -0.1) is 0 Å². The predicted molar refractivity (Wildman–Crippen MR) is 134 cm³/mol. The minimum Gasteiger partial charge on any atom is -0.480 e. The van der Waals surface area contributed by atoms with E-state index in [0.29, 0.717) is 34.6 Å². The van der Waals surface area contributed by atoms with Crippen molar-refractivity contribution in [2.24, 2.45) is 0 Å². The van der Waals surface area contributed by atoms with Crippen molar-refractivity contribution in [3.8, 4) is 34.5 Å². The molecule has 11 heteroatoms. The normalized spacial score (nSPS) is 13.7. The van der Waals surface area contributed by atoms with Crippen molar-refractivity contribution < 1.29 is 22.6 Å². The molecule has 0 N–H and O–H groups in total. The largest absolute Gasteiger partial charge is 0.480 e. The van der Waals surface area contributed by atoms with Crippen LogP contribution in [-0.4, -0.2) is 36.6 Å². The number of halogens is 3. The van der Waals surface area contributed by atoms with E-state index >= 15 is 0 Å². The lowest BCUT2D eigenvalue weighted by atomic mass is 10.1. The number of benzene rings is 1. The van der Waals surface area contributed by atoms with Gasteiger partial charge in [-0.25, -0.2) is 19.9 Å². The zero-order chi connectivity index (χ0) is 27.0. The number of alkyl halides is 3. The maximum atomic E-state index is 13.2. The number of hydrogen-bond acceptors (Lipinski definition) is 7. The van der Waals surface area contributed by atoms with Crippen molar-refractivity contribution in [1.82, 2.24) is 29.5 Å². The molecule has 38 heavy (non-hydrogen) atoms. The molecule has 0 saturated heterocycles. The summed E-state index contributed by atoms with van der Waals surface area (Å²) >= 11 is 0. The maximum absolute atomic E-state index is 13.2. The lowest BCUT2D eigenvalue weighted by molar-refractivity contribution is -0.140. The van der Waals surface area contributed by atoms with E-state index in [0.717, 1.165) is 35.9 Å². The highest BCUT2D eigenvalue weighted by Gasteiger charge is 2.35.